The lowest BCUT2D eigenvalue weighted by Gasteiger charge is -2.29. The molecule has 1 unspecified atom stereocenters. The highest BCUT2D eigenvalue weighted by Gasteiger charge is 2.28. The largest absolute Gasteiger partial charge is 0.459 e. The summed E-state index contributed by atoms with van der Waals surface area (Å²) >= 11 is 7.46. The van der Waals surface area contributed by atoms with Crippen LogP contribution in [0.5, 0.6) is 0 Å². The maximum atomic E-state index is 14.6. The van der Waals surface area contributed by atoms with Gasteiger partial charge >= 0.3 is 0 Å². The fourth-order valence-corrected chi connectivity index (χ4v) is 4.79. The molecule has 1 aliphatic rings. The van der Waals surface area contributed by atoms with Crippen LogP contribution in [0.15, 0.2) is 53.1 Å². The first-order valence-corrected chi connectivity index (χ1v) is 11.1. The summed E-state index contributed by atoms with van der Waals surface area (Å²) in [6.07, 6.45) is 3.47. The fourth-order valence-electron chi connectivity index (χ4n) is 3.68. The zero-order valence-electron chi connectivity index (χ0n) is 16.6. The van der Waals surface area contributed by atoms with E-state index in [0.717, 1.165) is 37.3 Å². The molecule has 0 radical (unpaired) electrons. The van der Waals surface area contributed by atoms with Gasteiger partial charge in [-0.1, -0.05) is 17.7 Å². The minimum atomic E-state index is -0.387. The summed E-state index contributed by atoms with van der Waals surface area (Å²) in [6.45, 7) is 1.88. The third-order valence-electron chi connectivity index (χ3n) is 5.18. The number of benzene rings is 1. The van der Waals surface area contributed by atoms with Gasteiger partial charge in [0.2, 0.25) is 0 Å². The number of carbonyl (C=O) groups excluding carboxylic acids is 2. The Morgan fingerprint density at radius 1 is 1.13 bits per heavy atom. The molecule has 2 amide bonds. The Hall–Kier alpha value is -2.68. The third-order valence-corrected chi connectivity index (χ3v) is 6.51. The van der Waals surface area contributed by atoms with E-state index >= 15 is 0 Å². The smallest absolute Gasteiger partial charge is 0.291 e. The predicted molar refractivity (Wildman–Crippen MR) is 118 cm³/mol. The number of carbonyl (C=O) groups is 2. The van der Waals surface area contributed by atoms with Gasteiger partial charge in [-0.3, -0.25) is 14.5 Å². The van der Waals surface area contributed by atoms with Crippen molar-refractivity contribution in [2.24, 2.45) is 0 Å². The molecular formula is C22H21ClFN3O3S. The molecule has 2 N–H and O–H groups in total. The normalized spacial score (nSPS) is 15.0. The van der Waals surface area contributed by atoms with E-state index in [2.05, 4.69) is 15.5 Å². The van der Waals surface area contributed by atoms with Crippen LogP contribution in [0.2, 0.25) is 5.02 Å². The molecule has 1 atom stereocenters. The maximum Gasteiger partial charge on any atom is 0.291 e. The SMILES string of the molecule is O=C(Nc1ccc(C(=O)NCC(c2c(F)cccc2Cl)N2CCCC2)s1)c1ccco1. The number of hydrogen-bond donors (Lipinski definition) is 2. The van der Waals surface area contributed by atoms with Gasteiger partial charge in [-0.25, -0.2) is 4.39 Å². The molecule has 9 heteroatoms. The van der Waals surface area contributed by atoms with Crippen molar-refractivity contribution in [2.45, 2.75) is 18.9 Å². The van der Waals surface area contributed by atoms with Crippen LogP contribution < -0.4 is 10.6 Å². The number of likely N-dealkylation sites (tertiary alicyclic amines) is 1. The molecule has 1 aromatic carbocycles. The lowest BCUT2D eigenvalue weighted by atomic mass is 10.0. The Balaban J connectivity index is 1.43. The molecule has 0 spiro atoms. The van der Waals surface area contributed by atoms with Gasteiger partial charge in [-0.05, 0) is 62.3 Å². The summed E-state index contributed by atoms with van der Waals surface area (Å²) in [6, 6.07) is 10.8. The van der Waals surface area contributed by atoms with E-state index in [1.165, 1.54) is 12.3 Å². The van der Waals surface area contributed by atoms with Gasteiger partial charge in [0.25, 0.3) is 11.8 Å². The van der Waals surface area contributed by atoms with E-state index in [-0.39, 0.29) is 36.0 Å². The molecule has 2 aromatic heterocycles. The van der Waals surface area contributed by atoms with Gasteiger partial charge < -0.3 is 15.1 Å². The summed E-state index contributed by atoms with van der Waals surface area (Å²) in [7, 11) is 0. The maximum absolute atomic E-state index is 14.6. The molecule has 1 fully saturated rings. The predicted octanol–water partition coefficient (Wildman–Crippen LogP) is 4.95. The van der Waals surface area contributed by atoms with Gasteiger partial charge in [-0.15, -0.1) is 11.3 Å². The summed E-state index contributed by atoms with van der Waals surface area (Å²) in [5, 5.41) is 6.48. The minimum absolute atomic E-state index is 0.189. The second kappa shape index (κ2) is 9.64. The summed E-state index contributed by atoms with van der Waals surface area (Å²) in [4.78, 5) is 27.4. The number of nitrogens with one attached hydrogen (secondary N) is 2. The number of nitrogens with zero attached hydrogens (tertiary/aromatic N) is 1. The zero-order valence-corrected chi connectivity index (χ0v) is 18.1. The first-order valence-electron chi connectivity index (χ1n) is 9.94. The molecule has 162 valence electrons. The van der Waals surface area contributed by atoms with Crippen LogP contribution in [-0.2, 0) is 0 Å². The van der Waals surface area contributed by atoms with Crippen LogP contribution in [0.1, 0.15) is 44.7 Å². The second-order valence-electron chi connectivity index (χ2n) is 7.20. The standard InChI is InChI=1S/C22H21ClFN3O3S/c23-14-5-3-6-15(24)20(14)16(27-10-1-2-11-27)13-25-22(29)18-8-9-19(31-18)26-21(28)17-7-4-12-30-17/h3-9,12,16H,1-2,10-11,13H2,(H,25,29)(H,26,28). The van der Waals surface area contributed by atoms with E-state index in [1.54, 1.807) is 36.4 Å². The Morgan fingerprint density at radius 3 is 2.65 bits per heavy atom. The Labute approximate surface area is 188 Å². The van der Waals surface area contributed by atoms with Crippen molar-refractivity contribution in [1.82, 2.24) is 10.2 Å². The monoisotopic (exact) mass is 461 g/mol. The minimum Gasteiger partial charge on any atom is -0.459 e. The number of rotatable bonds is 7. The van der Waals surface area contributed by atoms with Gasteiger partial charge in [0.05, 0.1) is 22.2 Å². The third kappa shape index (κ3) is 4.98. The van der Waals surface area contributed by atoms with Crippen LogP contribution in [0, 0.1) is 5.82 Å². The van der Waals surface area contributed by atoms with Gasteiger partial charge in [-0.2, -0.15) is 0 Å². The van der Waals surface area contributed by atoms with Crippen molar-refractivity contribution in [3.05, 3.63) is 75.8 Å². The lowest BCUT2D eigenvalue weighted by molar-refractivity contribution is 0.0940. The second-order valence-corrected chi connectivity index (χ2v) is 8.69. The quantitative estimate of drug-likeness (QED) is 0.522. The topological polar surface area (TPSA) is 74.6 Å². The number of furan rings is 1. The molecule has 0 aliphatic carbocycles. The van der Waals surface area contributed by atoms with Crippen LogP contribution in [0.25, 0.3) is 0 Å². The Kier molecular flexibility index (Phi) is 6.70. The lowest BCUT2D eigenvalue weighted by Crippen LogP contribution is -2.37. The molecule has 3 heterocycles. The van der Waals surface area contributed by atoms with Crippen molar-refractivity contribution in [3.63, 3.8) is 0 Å². The molecule has 4 rings (SSSR count). The fraction of sp³-hybridized carbons (Fsp3) is 0.273. The van der Waals surface area contributed by atoms with Crippen molar-refractivity contribution in [3.8, 4) is 0 Å². The van der Waals surface area contributed by atoms with Crippen molar-refractivity contribution in [1.29, 1.82) is 0 Å². The molecule has 1 saturated heterocycles. The van der Waals surface area contributed by atoms with Gasteiger partial charge in [0.15, 0.2) is 5.76 Å². The number of anilines is 1. The Bertz CT molecular complexity index is 1040. The molecule has 6 nitrogen and oxygen atoms in total. The van der Waals surface area contributed by atoms with Gasteiger partial charge in [0, 0.05) is 17.1 Å². The number of amides is 2. The van der Waals surface area contributed by atoms with E-state index in [9.17, 15) is 14.0 Å². The van der Waals surface area contributed by atoms with Crippen molar-refractivity contribution in [2.75, 3.05) is 25.0 Å². The van der Waals surface area contributed by atoms with E-state index in [1.807, 2.05) is 0 Å². The molecule has 31 heavy (non-hydrogen) atoms. The average Bonchev–Trinajstić information content (AvgIpc) is 3.52. The molecule has 3 aromatic rings. The molecule has 1 aliphatic heterocycles. The molecule has 0 bridgehead atoms. The average molecular weight is 462 g/mol. The zero-order chi connectivity index (χ0) is 21.8. The van der Waals surface area contributed by atoms with Crippen molar-refractivity contribution < 1.29 is 18.4 Å². The van der Waals surface area contributed by atoms with Crippen LogP contribution in [0.3, 0.4) is 0 Å². The number of halogens is 2. The summed E-state index contributed by atoms with van der Waals surface area (Å²) < 4.78 is 19.6. The highest BCUT2D eigenvalue weighted by atomic mass is 35.5. The highest BCUT2D eigenvalue weighted by molar-refractivity contribution is 7.18. The first kappa shape index (κ1) is 21.5. The van der Waals surface area contributed by atoms with Crippen LogP contribution >= 0.6 is 22.9 Å². The van der Waals surface area contributed by atoms with E-state index in [4.69, 9.17) is 16.0 Å². The summed E-state index contributed by atoms with van der Waals surface area (Å²) in [5.41, 5.74) is 0.406. The van der Waals surface area contributed by atoms with E-state index < -0.39 is 0 Å². The summed E-state index contributed by atoms with van der Waals surface area (Å²) in [5.74, 6) is -0.866. The Morgan fingerprint density at radius 2 is 1.94 bits per heavy atom. The van der Waals surface area contributed by atoms with Crippen LogP contribution in [0.4, 0.5) is 9.39 Å². The van der Waals surface area contributed by atoms with Gasteiger partial charge in [0.1, 0.15) is 5.82 Å². The number of hydrogen-bond acceptors (Lipinski definition) is 5. The first-order chi connectivity index (χ1) is 15.0. The molecular weight excluding hydrogens is 441 g/mol. The molecule has 0 saturated carbocycles. The number of thiophene rings is 1. The van der Waals surface area contributed by atoms with Crippen molar-refractivity contribution >= 4 is 39.8 Å². The highest BCUT2D eigenvalue weighted by Crippen LogP contribution is 2.32. The van der Waals surface area contributed by atoms with E-state index in [0.29, 0.717) is 20.5 Å². The van der Waals surface area contributed by atoms with Crippen LogP contribution in [-0.4, -0.2) is 36.3 Å².